The van der Waals surface area contributed by atoms with Crippen LogP contribution in [0.3, 0.4) is 0 Å². The molecule has 0 spiro atoms. The van der Waals surface area contributed by atoms with Gasteiger partial charge in [-0.25, -0.2) is 0 Å². The molecule has 0 aromatic carbocycles. The number of likely N-dealkylation sites (tertiary alicyclic amines) is 1. The third kappa shape index (κ3) is 4.40. The van der Waals surface area contributed by atoms with E-state index in [1.165, 1.54) is 11.3 Å². The molecule has 24 heavy (non-hydrogen) atoms. The SMILES string of the molecule is COCCc1noc(CO[C@H]2CCCN(C(=O)c3cccs3)C2)n1. The van der Waals surface area contributed by atoms with E-state index in [0.29, 0.717) is 31.3 Å². The maximum atomic E-state index is 12.4. The number of amides is 1. The summed E-state index contributed by atoms with van der Waals surface area (Å²) in [5.41, 5.74) is 0. The second kappa shape index (κ2) is 8.36. The van der Waals surface area contributed by atoms with Gasteiger partial charge in [-0.2, -0.15) is 4.98 Å². The van der Waals surface area contributed by atoms with Crippen molar-refractivity contribution in [2.45, 2.75) is 32.0 Å². The zero-order valence-electron chi connectivity index (χ0n) is 13.6. The van der Waals surface area contributed by atoms with E-state index >= 15 is 0 Å². The minimum Gasteiger partial charge on any atom is -0.384 e. The fraction of sp³-hybridized carbons (Fsp3) is 0.562. The summed E-state index contributed by atoms with van der Waals surface area (Å²) in [5, 5.41) is 5.80. The summed E-state index contributed by atoms with van der Waals surface area (Å²) < 4.78 is 16.0. The molecule has 1 aliphatic heterocycles. The molecule has 1 fully saturated rings. The number of ether oxygens (including phenoxy) is 2. The highest BCUT2D eigenvalue weighted by atomic mass is 32.1. The Labute approximate surface area is 144 Å². The summed E-state index contributed by atoms with van der Waals surface area (Å²) in [6, 6.07) is 3.75. The Balaban J connectivity index is 1.48. The second-order valence-electron chi connectivity index (χ2n) is 5.65. The smallest absolute Gasteiger partial charge is 0.264 e. The zero-order chi connectivity index (χ0) is 16.8. The molecule has 2 aromatic rings. The lowest BCUT2D eigenvalue weighted by Gasteiger charge is -2.32. The monoisotopic (exact) mass is 351 g/mol. The van der Waals surface area contributed by atoms with E-state index in [1.807, 2.05) is 22.4 Å². The van der Waals surface area contributed by atoms with Gasteiger partial charge in [-0.1, -0.05) is 11.2 Å². The van der Waals surface area contributed by atoms with E-state index in [9.17, 15) is 4.79 Å². The number of aromatic nitrogens is 2. The Morgan fingerprint density at radius 2 is 2.46 bits per heavy atom. The average molecular weight is 351 g/mol. The zero-order valence-corrected chi connectivity index (χ0v) is 14.5. The molecule has 0 N–H and O–H groups in total. The average Bonchev–Trinajstić information content (AvgIpc) is 3.29. The molecule has 1 aliphatic rings. The molecular formula is C16H21N3O4S. The molecule has 1 saturated heterocycles. The van der Waals surface area contributed by atoms with Crippen molar-refractivity contribution in [2.75, 3.05) is 26.8 Å². The molecule has 8 heteroatoms. The highest BCUT2D eigenvalue weighted by Crippen LogP contribution is 2.19. The summed E-state index contributed by atoms with van der Waals surface area (Å²) in [7, 11) is 1.64. The first-order chi connectivity index (χ1) is 11.8. The maximum Gasteiger partial charge on any atom is 0.264 e. The highest BCUT2D eigenvalue weighted by Gasteiger charge is 2.25. The van der Waals surface area contributed by atoms with Gasteiger partial charge in [-0.05, 0) is 24.3 Å². The number of methoxy groups -OCH3 is 1. The summed E-state index contributed by atoms with van der Waals surface area (Å²) in [6.45, 7) is 2.20. The van der Waals surface area contributed by atoms with Crippen molar-refractivity contribution in [1.82, 2.24) is 15.0 Å². The number of thiophene rings is 1. The van der Waals surface area contributed by atoms with Crippen molar-refractivity contribution in [1.29, 1.82) is 0 Å². The molecule has 1 amide bonds. The van der Waals surface area contributed by atoms with Crippen LogP contribution in [0, 0.1) is 0 Å². The van der Waals surface area contributed by atoms with Gasteiger partial charge in [0.25, 0.3) is 11.8 Å². The summed E-state index contributed by atoms with van der Waals surface area (Å²) >= 11 is 1.47. The van der Waals surface area contributed by atoms with Crippen molar-refractivity contribution in [3.63, 3.8) is 0 Å². The Hall–Kier alpha value is -1.77. The normalized spacial score (nSPS) is 18.0. The van der Waals surface area contributed by atoms with Crippen LogP contribution in [0.4, 0.5) is 0 Å². The van der Waals surface area contributed by atoms with Crippen LogP contribution >= 0.6 is 11.3 Å². The van der Waals surface area contributed by atoms with E-state index in [0.717, 1.165) is 24.3 Å². The first-order valence-corrected chi connectivity index (χ1v) is 8.89. The van der Waals surface area contributed by atoms with E-state index < -0.39 is 0 Å². The molecule has 0 unspecified atom stereocenters. The van der Waals surface area contributed by atoms with Gasteiger partial charge >= 0.3 is 0 Å². The van der Waals surface area contributed by atoms with Crippen LogP contribution in [0.5, 0.6) is 0 Å². The van der Waals surface area contributed by atoms with Gasteiger partial charge in [0.05, 0.1) is 17.6 Å². The van der Waals surface area contributed by atoms with Gasteiger partial charge in [0.2, 0.25) is 0 Å². The van der Waals surface area contributed by atoms with Crippen molar-refractivity contribution in [2.24, 2.45) is 0 Å². The Morgan fingerprint density at radius 1 is 1.54 bits per heavy atom. The van der Waals surface area contributed by atoms with Gasteiger partial charge < -0.3 is 18.9 Å². The van der Waals surface area contributed by atoms with Crippen LogP contribution in [0.2, 0.25) is 0 Å². The fourth-order valence-corrected chi connectivity index (χ4v) is 3.34. The van der Waals surface area contributed by atoms with Crippen LogP contribution < -0.4 is 0 Å². The number of nitrogens with zero attached hydrogens (tertiary/aromatic N) is 3. The number of carbonyl (C=O) groups is 1. The molecule has 2 aromatic heterocycles. The first-order valence-electron chi connectivity index (χ1n) is 8.01. The number of hydrogen-bond acceptors (Lipinski definition) is 7. The van der Waals surface area contributed by atoms with Crippen LogP contribution in [0.15, 0.2) is 22.0 Å². The molecular weight excluding hydrogens is 330 g/mol. The van der Waals surface area contributed by atoms with Crippen molar-refractivity contribution in [3.05, 3.63) is 34.1 Å². The predicted molar refractivity (Wildman–Crippen MR) is 87.9 cm³/mol. The van der Waals surface area contributed by atoms with Gasteiger partial charge in [0, 0.05) is 26.6 Å². The molecule has 1 atom stereocenters. The van der Waals surface area contributed by atoms with E-state index in [-0.39, 0.29) is 18.6 Å². The lowest BCUT2D eigenvalue weighted by Crippen LogP contribution is -2.43. The number of hydrogen-bond donors (Lipinski definition) is 0. The summed E-state index contributed by atoms with van der Waals surface area (Å²) in [5.74, 6) is 1.16. The minimum atomic E-state index is -0.00279. The van der Waals surface area contributed by atoms with Gasteiger partial charge in [-0.15, -0.1) is 11.3 Å². The van der Waals surface area contributed by atoms with Crippen LogP contribution in [-0.2, 0) is 22.5 Å². The summed E-state index contributed by atoms with van der Waals surface area (Å²) in [6.07, 6.45) is 2.48. The number of rotatable bonds is 7. The number of piperidine rings is 1. The van der Waals surface area contributed by atoms with Crippen molar-refractivity contribution >= 4 is 17.2 Å². The molecule has 3 heterocycles. The Morgan fingerprint density at radius 3 is 3.25 bits per heavy atom. The van der Waals surface area contributed by atoms with Gasteiger partial charge in [0.15, 0.2) is 5.82 Å². The minimum absolute atomic E-state index is 0.00279. The molecule has 0 aliphatic carbocycles. The predicted octanol–water partition coefficient (Wildman–Crippen LogP) is 2.14. The molecule has 130 valence electrons. The standard InChI is InChI=1S/C16H21N3O4S/c1-21-8-6-14-17-15(23-18-14)11-22-12-4-2-7-19(10-12)16(20)13-5-3-9-24-13/h3,5,9,12H,2,4,6-8,10-11H2,1H3/t12-/m0/s1. The first kappa shape index (κ1) is 17.1. The second-order valence-corrected chi connectivity index (χ2v) is 6.60. The lowest BCUT2D eigenvalue weighted by atomic mass is 10.1. The van der Waals surface area contributed by atoms with E-state index in [1.54, 1.807) is 7.11 Å². The van der Waals surface area contributed by atoms with Crippen LogP contribution in [-0.4, -0.2) is 53.9 Å². The number of carbonyl (C=O) groups excluding carboxylic acids is 1. The Bertz CT molecular complexity index is 644. The Kier molecular flexibility index (Phi) is 5.95. The quantitative estimate of drug-likeness (QED) is 0.760. The van der Waals surface area contributed by atoms with Gasteiger partial charge in [0.1, 0.15) is 6.61 Å². The van der Waals surface area contributed by atoms with Crippen LogP contribution in [0.1, 0.15) is 34.2 Å². The largest absolute Gasteiger partial charge is 0.384 e. The topological polar surface area (TPSA) is 77.7 Å². The molecule has 0 radical (unpaired) electrons. The maximum absolute atomic E-state index is 12.4. The third-order valence-corrected chi connectivity index (χ3v) is 4.74. The van der Waals surface area contributed by atoms with E-state index in [2.05, 4.69) is 10.1 Å². The third-order valence-electron chi connectivity index (χ3n) is 3.88. The van der Waals surface area contributed by atoms with Gasteiger partial charge in [-0.3, -0.25) is 4.79 Å². The lowest BCUT2D eigenvalue weighted by molar-refractivity contribution is -0.0152. The molecule has 3 rings (SSSR count). The van der Waals surface area contributed by atoms with Crippen molar-refractivity contribution in [3.8, 4) is 0 Å². The molecule has 0 saturated carbocycles. The summed E-state index contributed by atoms with van der Waals surface area (Å²) in [4.78, 5) is 19.3. The fourth-order valence-electron chi connectivity index (χ4n) is 2.65. The van der Waals surface area contributed by atoms with Crippen LogP contribution in [0.25, 0.3) is 0 Å². The highest BCUT2D eigenvalue weighted by molar-refractivity contribution is 7.12. The molecule has 0 bridgehead atoms. The van der Waals surface area contributed by atoms with E-state index in [4.69, 9.17) is 14.0 Å². The molecule has 7 nitrogen and oxygen atoms in total. The van der Waals surface area contributed by atoms with Crippen molar-refractivity contribution < 1.29 is 18.8 Å².